The van der Waals surface area contributed by atoms with Crippen LogP contribution in [0.5, 0.6) is 17.2 Å². The van der Waals surface area contributed by atoms with Gasteiger partial charge in [0.05, 0.1) is 6.61 Å². The predicted octanol–water partition coefficient (Wildman–Crippen LogP) is 11.3. The lowest BCUT2D eigenvalue weighted by Crippen LogP contribution is -2.22. The minimum atomic E-state index is -4.36. The molecule has 0 aliphatic heterocycles. The van der Waals surface area contributed by atoms with Gasteiger partial charge < -0.3 is 23.7 Å². The van der Waals surface area contributed by atoms with E-state index in [1.165, 1.54) is 18.7 Å². The van der Waals surface area contributed by atoms with Crippen molar-refractivity contribution in [2.45, 2.75) is 93.1 Å². The summed E-state index contributed by atoms with van der Waals surface area (Å²) in [4.78, 5) is 26.8. The van der Waals surface area contributed by atoms with Crippen molar-refractivity contribution in [2.75, 3.05) is 13.2 Å². The number of benzene rings is 5. The van der Waals surface area contributed by atoms with Crippen LogP contribution in [-0.4, -0.2) is 33.5 Å². The Morgan fingerprint density at radius 1 is 0.780 bits per heavy atom. The number of carbonyl (C=O) groups is 2. The summed E-state index contributed by atoms with van der Waals surface area (Å²) in [7, 11) is -4.36. The van der Waals surface area contributed by atoms with Gasteiger partial charge in [0, 0.05) is 40.8 Å². The van der Waals surface area contributed by atoms with Crippen molar-refractivity contribution in [2.24, 2.45) is 0 Å². The van der Waals surface area contributed by atoms with Gasteiger partial charge in [0.1, 0.15) is 28.8 Å². The van der Waals surface area contributed by atoms with E-state index in [9.17, 15) is 18.0 Å². The highest BCUT2D eigenvalue weighted by molar-refractivity contribution is 8.00. The zero-order chi connectivity index (χ0) is 42.0. The molecule has 0 bridgehead atoms. The molecule has 1 amide bonds. The summed E-state index contributed by atoms with van der Waals surface area (Å²) in [5.74, 6) is 0.821. The second-order valence-corrected chi connectivity index (χ2v) is 16.6. The van der Waals surface area contributed by atoms with Crippen molar-refractivity contribution < 1.29 is 36.4 Å². The standard InChI is InChI=1S/C48H53NO8S2/c1-5-8-10-14-21-47(51)49-34-36-22-28-44(55-30-7-3)43(32-36)48(56-35(4)50)42-20-16-15-19-41(42)37-23-29-45(58-40-26-24-38(25-27-40)54-31-9-6-2)46(33-37)59(52,53)57-39-17-12-11-13-18-39/h7,11-13,15-20,22-29,32-33,48H,3,5-6,8-10,14,21,30-31,34H2,1-2,4H3,(H,49,51). The van der Waals surface area contributed by atoms with Gasteiger partial charge in [0.2, 0.25) is 5.91 Å². The molecule has 9 nitrogen and oxygen atoms in total. The third-order valence-corrected chi connectivity index (χ3v) is 11.8. The summed E-state index contributed by atoms with van der Waals surface area (Å²) in [5.41, 5.74) is 3.11. The van der Waals surface area contributed by atoms with Gasteiger partial charge in [-0.2, -0.15) is 8.42 Å². The van der Waals surface area contributed by atoms with E-state index in [2.05, 4.69) is 25.7 Å². The molecule has 11 heteroatoms. The quantitative estimate of drug-likeness (QED) is 0.0297. The molecule has 0 saturated carbocycles. The third kappa shape index (κ3) is 13.2. The van der Waals surface area contributed by atoms with Crippen LogP contribution in [0, 0.1) is 0 Å². The Bertz CT molecular complexity index is 2260. The second-order valence-electron chi connectivity index (χ2n) is 13.9. The fourth-order valence-corrected chi connectivity index (χ4v) is 8.60. The van der Waals surface area contributed by atoms with Gasteiger partial charge in [-0.05, 0) is 90.2 Å². The van der Waals surface area contributed by atoms with Gasteiger partial charge in [-0.3, -0.25) is 9.59 Å². The molecule has 5 aromatic rings. The number of para-hydroxylation sites is 1. The molecule has 0 fully saturated rings. The van der Waals surface area contributed by atoms with Crippen LogP contribution in [0.2, 0.25) is 0 Å². The third-order valence-electron chi connectivity index (χ3n) is 9.28. The first-order valence-electron chi connectivity index (χ1n) is 20.1. The number of amides is 1. The first-order chi connectivity index (χ1) is 28.6. The van der Waals surface area contributed by atoms with Crippen LogP contribution >= 0.6 is 11.8 Å². The Hall–Kier alpha value is -5.52. The number of esters is 1. The van der Waals surface area contributed by atoms with Gasteiger partial charge >= 0.3 is 16.1 Å². The van der Waals surface area contributed by atoms with Crippen LogP contribution in [0.3, 0.4) is 0 Å². The molecule has 0 aliphatic carbocycles. The van der Waals surface area contributed by atoms with Crippen LogP contribution < -0.4 is 19.0 Å². The van der Waals surface area contributed by atoms with Gasteiger partial charge in [0.25, 0.3) is 0 Å². The van der Waals surface area contributed by atoms with E-state index in [0.29, 0.717) is 45.9 Å². The van der Waals surface area contributed by atoms with Crippen molar-refractivity contribution in [1.82, 2.24) is 5.32 Å². The van der Waals surface area contributed by atoms with Gasteiger partial charge in [-0.15, -0.1) is 0 Å². The maximum Gasteiger partial charge on any atom is 0.340 e. The number of carbonyl (C=O) groups excluding carboxylic acids is 2. The highest BCUT2D eigenvalue weighted by Crippen LogP contribution is 2.42. The van der Waals surface area contributed by atoms with E-state index in [1.54, 1.807) is 54.6 Å². The minimum absolute atomic E-state index is 0.0337. The molecule has 0 spiro atoms. The molecule has 0 aliphatic rings. The molecule has 310 valence electrons. The topological polar surface area (TPSA) is 117 Å². The molecular weight excluding hydrogens is 783 g/mol. The van der Waals surface area contributed by atoms with Crippen molar-refractivity contribution in [3.05, 3.63) is 145 Å². The Kier molecular flexibility index (Phi) is 17.1. The summed E-state index contributed by atoms with van der Waals surface area (Å²) in [6, 6.07) is 34.0. The molecule has 0 heterocycles. The molecule has 0 aromatic heterocycles. The van der Waals surface area contributed by atoms with E-state index >= 15 is 0 Å². The van der Waals surface area contributed by atoms with Crippen LogP contribution in [0.25, 0.3) is 11.1 Å². The lowest BCUT2D eigenvalue weighted by Gasteiger charge is -2.24. The van der Waals surface area contributed by atoms with E-state index in [0.717, 1.165) is 54.7 Å². The van der Waals surface area contributed by atoms with E-state index < -0.39 is 22.2 Å². The Morgan fingerprint density at radius 3 is 2.25 bits per heavy atom. The highest BCUT2D eigenvalue weighted by Gasteiger charge is 2.28. The lowest BCUT2D eigenvalue weighted by molar-refractivity contribution is -0.144. The maximum atomic E-state index is 14.2. The monoisotopic (exact) mass is 835 g/mol. The molecule has 1 atom stereocenters. The fraction of sp³-hybridized carbons (Fsp3) is 0.292. The lowest BCUT2D eigenvalue weighted by atomic mass is 9.91. The van der Waals surface area contributed by atoms with Crippen LogP contribution in [-0.2, 0) is 31.0 Å². The maximum absolute atomic E-state index is 14.2. The molecule has 1 unspecified atom stereocenters. The van der Waals surface area contributed by atoms with Crippen LogP contribution in [0.4, 0.5) is 0 Å². The molecule has 1 N–H and O–H groups in total. The Morgan fingerprint density at radius 2 is 1.53 bits per heavy atom. The fourth-order valence-electron chi connectivity index (χ4n) is 6.31. The van der Waals surface area contributed by atoms with E-state index in [4.69, 9.17) is 18.4 Å². The Balaban J connectivity index is 1.56. The zero-order valence-corrected chi connectivity index (χ0v) is 35.6. The molecule has 0 radical (unpaired) electrons. The molecule has 5 rings (SSSR count). The number of hydrogen-bond acceptors (Lipinski definition) is 9. The van der Waals surface area contributed by atoms with Crippen LogP contribution in [0.1, 0.15) is 88.5 Å². The summed E-state index contributed by atoms with van der Waals surface area (Å²) >= 11 is 1.29. The van der Waals surface area contributed by atoms with E-state index in [1.807, 2.05) is 66.7 Å². The summed E-state index contributed by atoms with van der Waals surface area (Å²) in [6.45, 7) is 10.5. The minimum Gasteiger partial charge on any atom is -0.494 e. The zero-order valence-electron chi connectivity index (χ0n) is 34.0. The normalized spacial score (nSPS) is 11.6. The molecule has 5 aromatic carbocycles. The molecule has 0 saturated heterocycles. The summed E-state index contributed by atoms with van der Waals surface area (Å²) in [6.07, 6.45) is 7.09. The van der Waals surface area contributed by atoms with Crippen molar-refractivity contribution in [3.63, 3.8) is 0 Å². The average Bonchev–Trinajstić information content (AvgIpc) is 3.24. The van der Waals surface area contributed by atoms with Crippen LogP contribution in [0.15, 0.2) is 143 Å². The number of unbranched alkanes of at least 4 members (excludes halogenated alkanes) is 4. The van der Waals surface area contributed by atoms with Crippen molar-refractivity contribution in [1.29, 1.82) is 0 Å². The predicted molar refractivity (Wildman–Crippen MR) is 233 cm³/mol. The Labute approximate surface area is 353 Å². The van der Waals surface area contributed by atoms with Crippen molar-refractivity contribution in [3.8, 4) is 28.4 Å². The second kappa shape index (κ2) is 22.6. The largest absolute Gasteiger partial charge is 0.494 e. The SMILES string of the molecule is C=CCOc1ccc(CNC(=O)CCCCCC)cc1C(OC(C)=O)c1ccccc1-c1ccc(Sc2ccc(OCCCC)cc2)c(S(=O)(=O)Oc2ccccc2)c1. The van der Waals surface area contributed by atoms with Gasteiger partial charge in [-0.1, -0.05) is 119 Å². The number of ether oxygens (including phenoxy) is 3. The average molecular weight is 836 g/mol. The number of hydrogen-bond donors (Lipinski definition) is 1. The number of rotatable bonds is 23. The summed E-state index contributed by atoms with van der Waals surface area (Å²) < 4.78 is 52.1. The smallest absolute Gasteiger partial charge is 0.340 e. The molecule has 59 heavy (non-hydrogen) atoms. The van der Waals surface area contributed by atoms with Crippen molar-refractivity contribution >= 4 is 33.8 Å². The molecular formula is C48H53NO8S2. The van der Waals surface area contributed by atoms with Gasteiger partial charge in [-0.25, -0.2) is 0 Å². The van der Waals surface area contributed by atoms with E-state index in [-0.39, 0.29) is 29.7 Å². The number of nitrogens with one attached hydrogen (secondary N) is 1. The first-order valence-corrected chi connectivity index (χ1v) is 22.3. The highest BCUT2D eigenvalue weighted by atomic mass is 32.2. The van der Waals surface area contributed by atoms with Gasteiger partial charge in [0.15, 0.2) is 6.10 Å². The summed E-state index contributed by atoms with van der Waals surface area (Å²) in [5, 5.41) is 3.01. The first kappa shape index (κ1) is 44.6.